The highest BCUT2D eigenvalue weighted by Crippen LogP contribution is 2.23. The summed E-state index contributed by atoms with van der Waals surface area (Å²) < 4.78 is 5.82. The predicted octanol–water partition coefficient (Wildman–Crippen LogP) is 1.31. The molecule has 0 bridgehead atoms. The molecule has 0 fully saturated rings. The van der Waals surface area contributed by atoms with E-state index in [1.165, 1.54) is 0 Å². The SMILES string of the molecule is COc1ccnc(Br)c1CN. The Morgan fingerprint density at radius 1 is 1.73 bits per heavy atom. The molecule has 4 heteroatoms. The van der Waals surface area contributed by atoms with Gasteiger partial charge in [0.2, 0.25) is 0 Å². The fourth-order valence-electron chi connectivity index (χ4n) is 0.827. The van der Waals surface area contributed by atoms with Gasteiger partial charge in [-0.1, -0.05) is 0 Å². The van der Waals surface area contributed by atoms with Crippen LogP contribution < -0.4 is 10.5 Å². The van der Waals surface area contributed by atoms with Crippen molar-refractivity contribution in [1.29, 1.82) is 0 Å². The number of hydrogen-bond acceptors (Lipinski definition) is 3. The number of aromatic nitrogens is 1. The molecule has 0 aliphatic carbocycles. The Labute approximate surface area is 73.7 Å². The normalized spacial score (nSPS) is 9.73. The van der Waals surface area contributed by atoms with E-state index < -0.39 is 0 Å². The molecule has 0 aromatic carbocycles. The van der Waals surface area contributed by atoms with Gasteiger partial charge in [-0.25, -0.2) is 4.98 Å². The molecule has 0 amide bonds. The van der Waals surface area contributed by atoms with Crippen molar-refractivity contribution in [3.05, 3.63) is 22.4 Å². The molecule has 0 aliphatic rings. The number of nitrogens with two attached hydrogens (primary N) is 1. The Kier molecular flexibility index (Phi) is 2.84. The highest BCUT2D eigenvalue weighted by molar-refractivity contribution is 9.10. The van der Waals surface area contributed by atoms with E-state index in [1.54, 1.807) is 19.4 Å². The van der Waals surface area contributed by atoms with Gasteiger partial charge in [-0.05, 0) is 22.0 Å². The van der Waals surface area contributed by atoms with E-state index in [4.69, 9.17) is 10.5 Å². The minimum atomic E-state index is 0.428. The third kappa shape index (κ3) is 1.70. The molecule has 0 saturated heterocycles. The summed E-state index contributed by atoms with van der Waals surface area (Å²) in [4.78, 5) is 4.02. The molecule has 11 heavy (non-hydrogen) atoms. The minimum absolute atomic E-state index is 0.428. The molecule has 1 aromatic heterocycles. The van der Waals surface area contributed by atoms with E-state index in [9.17, 15) is 0 Å². The first-order valence-corrected chi connectivity index (χ1v) is 3.96. The molecular weight excluding hydrogens is 208 g/mol. The lowest BCUT2D eigenvalue weighted by molar-refractivity contribution is 0.408. The smallest absolute Gasteiger partial charge is 0.127 e. The zero-order valence-corrected chi connectivity index (χ0v) is 7.76. The van der Waals surface area contributed by atoms with E-state index in [0.29, 0.717) is 6.54 Å². The molecule has 1 heterocycles. The Balaban J connectivity index is 3.13. The highest BCUT2D eigenvalue weighted by atomic mass is 79.9. The van der Waals surface area contributed by atoms with Crippen LogP contribution in [-0.2, 0) is 6.54 Å². The van der Waals surface area contributed by atoms with Crippen molar-refractivity contribution >= 4 is 15.9 Å². The van der Waals surface area contributed by atoms with Gasteiger partial charge in [0.25, 0.3) is 0 Å². The quantitative estimate of drug-likeness (QED) is 0.759. The molecule has 60 valence electrons. The van der Waals surface area contributed by atoms with Crippen LogP contribution in [0.2, 0.25) is 0 Å². The number of hydrogen-bond donors (Lipinski definition) is 1. The van der Waals surface area contributed by atoms with Gasteiger partial charge in [0, 0.05) is 18.3 Å². The number of rotatable bonds is 2. The van der Waals surface area contributed by atoms with Crippen LogP contribution in [0.4, 0.5) is 0 Å². The van der Waals surface area contributed by atoms with Crippen LogP contribution >= 0.6 is 15.9 Å². The lowest BCUT2D eigenvalue weighted by Gasteiger charge is -2.06. The van der Waals surface area contributed by atoms with Crippen molar-refractivity contribution in [2.75, 3.05) is 7.11 Å². The number of halogens is 1. The van der Waals surface area contributed by atoms with E-state index in [0.717, 1.165) is 15.9 Å². The molecular formula is C7H9BrN2O. The molecule has 0 unspecified atom stereocenters. The molecule has 3 nitrogen and oxygen atoms in total. The second-order valence-corrected chi connectivity index (χ2v) is 2.74. The monoisotopic (exact) mass is 216 g/mol. The first-order valence-electron chi connectivity index (χ1n) is 3.17. The lowest BCUT2D eigenvalue weighted by atomic mass is 10.2. The molecule has 0 saturated carbocycles. The molecule has 2 N–H and O–H groups in total. The van der Waals surface area contributed by atoms with Crippen molar-refractivity contribution in [1.82, 2.24) is 4.98 Å². The van der Waals surface area contributed by atoms with Gasteiger partial charge in [0.05, 0.1) is 7.11 Å². The van der Waals surface area contributed by atoms with E-state index in [2.05, 4.69) is 20.9 Å². The lowest BCUT2D eigenvalue weighted by Crippen LogP contribution is -2.01. The summed E-state index contributed by atoms with van der Waals surface area (Å²) in [6.07, 6.45) is 1.67. The second-order valence-electron chi connectivity index (χ2n) is 1.99. The summed E-state index contributed by atoms with van der Waals surface area (Å²) in [6, 6.07) is 1.78. The third-order valence-corrected chi connectivity index (χ3v) is 2.07. The van der Waals surface area contributed by atoms with Gasteiger partial charge in [0.15, 0.2) is 0 Å². The summed E-state index contributed by atoms with van der Waals surface area (Å²) >= 11 is 3.28. The summed E-state index contributed by atoms with van der Waals surface area (Å²) in [5.74, 6) is 0.773. The zero-order valence-electron chi connectivity index (χ0n) is 6.17. The Morgan fingerprint density at radius 3 is 2.91 bits per heavy atom. The molecule has 1 aromatic rings. The predicted molar refractivity (Wildman–Crippen MR) is 46.4 cm³/mol. The van der Waals surface area contributed by atoms with Gasteiger partial charge in [-0.2, -0.15) is 0 Å². The van der Waals surface area contributed by atoms with Crippen molar-refractivity contribution in [3.63, 3.8) is 0 Å². The van der Waals surface area contributed by atoms with Gasteiger partial charge in [-0.3, -0.25) is 0 Å². The van der Waals surface area contributed by atoms with Gasteiger partial charge < -0.3 is 10.5 Å². The van der Waals surface area contributed by atoms with Crippen LogP contribution in [0.3, 0.4) is 0 Å². The maximum Gasteiger partial charge on any atom is 0.127 e. The van der Waals surface area contributed by atoms with Crippen LogP contribution in [-0.4, -0.2) is 12.1 Å². The second kappa shape index (κ2) is 3.69. The third-order valence-electron chi connectivity index (χ3n) is 1.38. The van der Waals surface area contributed by atoms with Crippen LogP contribution in [0.15, 0.2) is 16.9 Å². The molecule has 0 aliphatic heterocycles. The number of methoxy groups -OCH3 is 1. The number of nitrogens with zero attached hydrogens (tertiary/aromatic N) is 1. The van der Waals surface area contributed by atoms with Gasteiger partial charge >= 0.3 is 0 Å². The first kappa shape index (κ1) is 8.49. The maximum atomic E-state index is 5.48. The fraction of sp³-hybridized carbons (Fsp3) is 0.286. The van der Waals surface area contributed by atoms with Crippen molar-refractivity contribution in [2.24, 2.45) is 5.73 Å². The highest BCUT2D eigenvalue weighted by Gasteiger charge is 2.04. The van der Waals surface area contributed by atoms with Crippen LogP contribution in [0.1, 0.15) is 5.56 Å². The Morgan fingerprint density at radius 2 is 2.45 bits per heavy atom. The number of ether oxygens (including phenoxy) is 1. The summed E-state index contributed by atoms with van der Waals surface area (Å²) in [5.41, 5.74) is 6.38. The topological polar surface area (TPSA) is 48.1 Å². The molecule has 0 atom stereocenters. The molecule has 0 radical (unpaired) electrons. The standard InChI is InChI=1S/C7H9BrN2O/c1-11-6-2-3-10-7(8)5(6)4-9/h2-3H,4,9H2,1H3. The maximum absolute atomic E-state index is 5.48. The van der Waals surface area contributed by atoms with Gasteiger partial charge in [0.1, 0.15) is 10.4 Å². The van der Waals surface area contributed by atoms with E-state index in [1.807, 2.05) is 0 Å². The molecule has 1 rings (SSSR count). The van der Waals surface area contributed by atoms with Crippen LogP contribution in [0.25, 0.3) is 0 Å². The fourth-order valence-corrected chi connectivity index (χ4v) is 1.30. The van der Waals surface area contributed by atoms with Crippen molar-refractivity contribution < 1.29 is 4.74 Å². The summed E-state index contributed by atoms with van der Waals surface area (Å²) in [5, 5.41) is 0. The summed E-state index contributed by atoms with van der Waals surface area (Å²) in [7, 11) is 1.61. The minimum Gasteiger partial charge on any atom is -0.496 e. The average Bonchev–Trinajstić information content (AvgIpc) is 2.04. The molecule has 0 spiro atoms. The van der Waals surface area contributed by atoms with Crippen molar-refractivity contribution in [3.8, 4) is 5.75 Å². The Hall–Kier alpha value is -0.610. The number of pyridine rings is 1. The Bertz CT molecular complexity index is 252. The van der Waals surface area contributed by atoms with Gasteiger partial charge in [-0.15, -0.1) is 0 Å². The van der Waals surface area contributed by atoms with Crippen LogP contribution in [0, 0.1) is 0 Å². The van der Waals surface area contributed by atoms with E-state index in [-0.39, 0.29) is 0 Å². The first-order chi connectivity index (χ1) is 5.29. The zero-order chi connectivity index (χ0) is 8.27. The largest absolute Gasteiger partial charge is 0.496 e. The summed E-state index contributed by atoms with van der Waals surface area (Å²) in [6.45, 7) is 0.428. The van der Waals surface area contributed by atoms with Crippen molar-refractivity contribution in [2.45, 2.75) is 6.54 Å². The average molecular weight is 217 g/mol. The van der Waals surface area contributed by atoms with Crippen LogP contribution in [0.5, 0.6) is 5.75 Å². The van der Waals surface area contributed by atoms with E-state index >= 15 is 0 Å².